The fourth-order valence-electron chi connectivity index (χ4n) is 3.94. The van der Waals surface area contributed by atoms with E-state index in [4.69, 9.17) is 11.6 Å². The second-order valence-electron chi connectivity index (χ2n) is 6.76. The van der Waals surface area contributed by atoms with Crippen LogP contribution in [0.25, 0.3) is 0 Å². The highest BCUT2D eigenvalue weighted by atomic mass is 35.5. The lowest BCUT2D eigenvalue weighted by Crippen LogP contribution is -2.49. The maximum absolute atomic E-state index is 12.9. The molecule has 1 aromatic carbocycles. The summed E-state index contributed by atoms with van der Waals surface area (Å²) < 4.78 is 27.4. The molecule has 7 heteroatoms. The van der Waals surface area contributed by atoms with E-state index in [0.717, 1.165) is 37.8 Å². The first-order valence-corrected chi connectivity index (χ1v) is 10.4. The van der Waals surface area contributed by atoms with Gasteiger partial charge in [-0.15, -0.1) is 0 Å². The fourth-order valence-corrected chi connectivity index (χ4v) is 5.90. The van der Waals surface area contributed by atoms with Gasteiger partial charge in [-0.3, -0.25) is 4.90 Å². The second-order valence-corrected chi connectivity index (χ2v) is 9.10. The zero-order valence-corrected chi connectivity index (χ0v) is 15.6. The number of aliphatic hydroxyl groups excluding tert-OH is 1. The fraction of sp³-hybridized carbons (Fsp3) is 0.647. The Balaban J connectivity index is 1.71. The molecule has 2 aliphatic rings. The van der Waals surface area contributed by atoms with Crippen LogP contribution in [0.1, 0.15) is 31.2 Å². The van der Waals surface area contributed by atoms with Gasteiger partial charge in [0.15, 0.2) is 0 Å². The normalized spacial score (nSPS) is 24.5. The zero-order chi connectivity index (χ0) is 17.3. The number of aliphatic hydroxyl groups is 1. The SMILES string of the molecule is Cc1ccc(Cl)cc1S(=O)(=O)N1CCC(N2CCC[C@@H]2CO)CC1. The van der Waals surface area contributed by atoms with Crippen molar-refractivity contribution in [2.24, 2.45) is 0 Å². The van der Waals surface area contributed by atoms with Crippen LogP contribution in [0.5, 0.6) is 0 Å². The number of sulfonamides is 1. The molecule has 2 aliphatic heterocycles. The van der Waals surface area contributed by atoms with E-state index < -0.39 is 10.0 Å². The van der Waals surface area contributed by atoms with Crippen LogP contribution in [0.4, 0.5) is 0 Å². The van der Waals surface area contributed by atoms with Crippen molar-refractivity contribution in [1.29, 1.82) is 0 Å². The highest BCUT2D eigenvalue weighted by Gasteiger charge is 2.36. The number of halogens is 1. The molecule has 2 heterocycles. The van der Waals surface area contributed by atoms with Crippen LogP contribution in [0.2, 0.25) is 5.02 Å². The molecule has 2 saturated heterocycles. The predicted molar refractivity (Wildman–Crippen MR) is 94.8 cm³/mol. The number of hydrogen-bond donors (Lipinski definition) is 1. The first-order chi connectivity index (χ1) is 11.4. The minimum atomic E-state index is -3.50. The lowest BCUT2D eigenvalue weighted by molar-refractivity contribution is 0.0899. The van der Waals surface area contributed by atoms with E-state index in [2.05, 4.69) is 4.90 Å². The van der Waals surface area contributed by atoms with E-state index >= 15 is 0 Å². The van der Waals surface area contributed by atoms with Crippen molar-refractivity contribution in [1.82, 2.24) is 9.21 Å². The van der Waals surface area contributed by atoms with E-state index in [0.29, 0.717) is 29.0 Å². The van der Waals surface area contributed by atoms with Gasteiger partial charge in [0.2, 0.25) is 10.0 Å². The number of benzene rings is 1. The summed E-state index contributed by atoms with van der Waals surface area (Å²) in [5.74, 6) is 0. The van der Waals surface area contributed by atoms with Crippen molar-refractivity contribution in [3.63, 3.8) is 0 Å². The molecule has 1 aromatic rings. The number of rotatable bonds is 4. The van der Waals surface area contributed by atoms with Gasteiger partial charge in [0.25, 0.3) is 0 Å². The van der Waals surface area contributed by atoms with Gasteiger partial charge < -0.3 is 5.11 Å². The van der Waals surface area contributed by atoms with Crippen LogP contribution >= 0.6 is 11.6 Å². The topological polar surface area (TPSA) is 60.9 Å². The summed E-state index contributed by atoms with van der Waals surface area (Å²) in [5.41, 5.74) is 0.724. The van der Waals surface area contributed by atoms with Crippen molar-refractivity contribution in [3.05, 3.63) is 28.8 Å². The van der Waals surface area contributed by atoms with Gasteiger partial charge in [-0.2, -0.15) is 4.31 Å². The Morgan fingerprint density at radius 1 is 1.21 bits per heavy atom. The van der Waals surface area contributed by atoms with Crippen LogP contribution in [-0.2, 0) is 10.0 Å². The Morgan fingerprint density at radius 2 is 1.92 bits per heavy atom. The highest BCUT2D eigenvalue weighted by molar-refractivity contribution is 7.89. The van der Waals surface area contributed by atoms with Crippen LogP contribution in [0.15, 0.2) is 23.1 Å². The summed E-state index contributed by atoms with van der Waals surface area (Å²) in [6.45, 7) is 4.05. The molecule has 2 fully saturated rings. The molecule has 0 radical (unpaired) electrons. The van der Waals surface area contributed by atoms with Crippen LogP contribution < -0.4 is 0 Å². The van der Waals surface area contributed by atoms with Gasteiger partial charge in [-0.05, 0) is 56.8 Å². The molecule has 1 N–H and O–H groups in total. The lowest BCUT2D eigenvalue weighted by Gasteiger charge is -2.38. The van der Waals surface area contributed by atoms with Gasteiger partial charge in [-0.25, -0.2) is 8.42 Å². The van der Waals surface area contributed by atoms with Gasteiger partial charge in [0.05, 0.1) is 11.5 Å². The molecule has 24 heavy (non-hydrogen) atoms. The molecule has 0 aromatic heterocycles. The lowest BCUT2D eigenvalue weighted by atomic mass is 10.0. The standard InChI is InChI=1S/C17H25ClN2O3S/c1-13-4-5-14(18)11-17(13)24(22,23)19-9-6-15(7-10-19)20-8-2-3-16(20)12-21/h4-5,11,15-16,21H,2-3,6-10,12H2,1H3/t16-/m1/s1. The Bertz CT molecular complexity index is 687. The Labute approximate surface area is 149 Å². The predicted octanol–water partition coefficient (Wildman–Crippen LogP) is 2.26. The summed E-state index contributed by atoms with van der Waals surface area (Å²) in [7, 11) is -3.50. The molecule has 0 saturated carbocycles. The molecule has 0 amide bonds. The molecule has 0 bridgehead atoms. The molecule has 134 valence electrons. The number of piperidine rings is 1. The average molecular weight is 373 g/mol. The van der Waals surface area contributed by atoms with Crippen LogP contribution in [0, 0.1) is 6.92 Å². The molecule has 0 spiro atoms. The van der Waals surface area contributed by atoms with Crippen LogP contribution in [0.3, 0.4) is 0 Å². The molecular formula is C17H25ClN2O3S. The monoisotopic (exact) mass is 372 g/mol. The second kappa shape index (κ2) is 7.30. The largest absolute Gasteiger partial charge is 0.395 e. The maximum atomic E-state index is 12.9. The summed E-state index contributed by atoms with van der Waals surface area (Å²) in [4.78, 5) is 2.68. The Hall–Kier alpha value is -0.660. The van der Waals surface area contributed by atoms with Crippen molar-refractivity contribution >= 4 is 21.6 Å². The van der Waals surface area contributed by atoms with E-state index in [9.17, 15) is 13.5 Å². The number of likely N-dealkylation sites (tertiary alicyclic amines) is 1. The van der Waals surface area contributed by atoms with Gasteiger partial charge in [0, 0.05) is 30.2 Å². The third-order valence-electron chi connectivity index (χ3n) is 5.29. The molecule has 5 nitrogen and oxygen atoms in total. The maximum Gasteiger partial charge on any atom is 0.243 e. The third kappa shape index (κ3) is 3.48. The van der Waals surface area contributed by atoms with E-state index in [1.807, 2.05) is 0 Å². The quantitative estimate of drug-likeness (QED) is 0.880. The van der Waals surface area contributed by atoms with Crippen molar-refractivity contribution in [2.45, 2.75) is 49.6 Å². The minimum Gasteiger partial charge on any atom is -0.395 e. The highest BCUT2D eigenvalue weighted by Crippen LogP contribution is 2.29. The van der Waals surface area contributed by atoms with Gasteiger partial charge in [-0.1, -0.05) is 17.7 Å². The number of nitrogens with zero attached hydrogens (tertiary/aromatic N) is 2. The average Bonchev–Trinajstić information content (AvgIpc) is 3.05. The summed E-state index contributed by atoms with van der Waals surface area (Å²) in [6.07, 6.45) is 3.78. The smallest absolute Gasteiger partial charge is 0.243 e. The molecule has 0 aliphatic carbocycles. The number of hydrogen-bond acceptors (Lipinski definition) is 4. The van der Waals surface area contributed by atoms with Crippen molar-refractivity contribution < 1.29 is 13.5 Å². The minimum absolute atomic E-state index is 0.195. The van der Waals surface area contributed by atoms with E-state index in [1.54, 1.807) is 29.4 Å². The summed E-state index contributed by atoms with van der Waals surface area (Å²) in [6, 6.07) is 5.62. The van der Waals surface area contributed by atoms with Crippen LogP contribution in [-0.4, -0.2) is 61.1 Å². The molecule has 3 rings (SSSR count). The van der Waals surface area contributed by atoms with Crippen molar-refractivity contribution in [3.8, 4) is 0 Å². The first-order valence-electron chi connectivity index (χ1n) is 8.56. The van der Waals surface area contributed by atoms with Gasteiger partial charge >= 0.3 is 0 Å². The molecule has 0 unspecified atom stereocenters. The number of aryl methyl sites for hydroxylation is 1. The Morgan fingerprint density at radius 3 is 2.58 bits per heavy atom. The Kier molecular flexibility index (Phi) is 5.52. The van der Waals surface area contributed by atoms with Gasteiger partial charge in [0.1, 0.15) is 0 Å². The third-order valence-corrected chi connectivity index (χ3v) is 7.57. The summed E-state index contributed by atoms with van der Waals surface area (Å²) in [5, 5.41) is 9.93. The van der Waals surface area contributed by atoms with Crippen molar-refractivity contribution in [2.75, 3.05) is 26.2 Å². The van der Waals surface area contributed by atoms with E-state index in [1.165, 1.54) is 0 Å². The first kappa shape index (κ1) is 18.1. The van der Waals surface area contributed by atoms with E-state index in [-0.39, 0.29) is 12.6 Å². The molecular weight excluding hydrogens is 348 g/mol. The molecule has 1 atom stereocenters. The summed E-state index contributed by atoms with van der Waals surface area (Å²) >= 11 is 5.99. The zero-order valence-electron chi connectivity index (χ0n) is 14.0.